The standard InChI is InChI=1S/C34H29NO2/c36-33(29-18-16-26(17-19-29)25-10-4-1-5-11-25)34(37)30-20-22-31(23-21-30)35-24-32(27-12-6-2-7-13-27)28-14-8-3-9-15-28/h1-23,32,34-35,37H,24H2. The van der Waals surface area contributed by atoms with Crippen molar-refractivity contribution in [3.8, 4) is 11.1 Å². The van der Waals surface area contributed by atoms with E-state index in [1.54, 1.807) is 12.1 Å². The van der Waals surface area contributed by atoms with Crippen LogP contribution in [-0.4, -0.2) is 17.4 Å². The molecule has 0 aliphatic carbocycles. The molecule has 1 atom stereocenters. The van der Waals surface area contributed by atoms with Crippen LogP contribution in [0, 0.1) is 0 Å². The number of Topliss-reactive ketones (excluding diaryl/α,β-unsaturated/α-hetero) is 1. The quantitative estimate of drug-likeness (QED) is 0.213. The molecule has 3 nitrogen and oxygen atoms in total. The fourth-order valence-corrected chi connectivity index (χ4v) is 4.57. The van der Waals surface area contributed by atoms with E-state index in [4.69, 9.17) is 0 Å². The Kier molecular flexibility index (Phi) is 7.54. The number of aliphatic hydroxyl groups is 1. The first kappa shape index (κ1) is 24.2. The molecule has 5 aromatic carbocycles. The van der Waals surface area contributed by atoms with Gasteiger partial charge in [0.1, 0.15) is 6.10 Å². The zero-order chi connectivity index (χ0) is 25.5. The molecule has 0 fully saturated rings. The van der Waals surface area contributed by atoms with Gasteiger partial charge < -0.3 is 10.4 Å². The molecule has 1 unspecified atom stereocenters. The van der Waals surface area contributed by atoms with E-state index in [-0.39, 0.29) is 11.7 Å². The Morgan fingerprint density at radius 1 is 0.568 bits per heavy atom. The molecule has 0 spiro atoms. The maximum absolute atomic E-state index is 12.9. The number of anilines is 1. The fourth-order valence-electron chi connectivity index (χ4n) is 4.57. The Balaban J connectivity index is 1.25. The van der Waals surface area contributed by atoms with E-state index in [0.717, 1.165) is 23.4 Å². The van der Waals surface area contributed by atoms with Crippen LogP contribution in [0.25, 0.3) is 11.1 Å². The van der Waals surface area contributed by atoms with Crippen LogP contribution in [0.3, 0.4) is 0 Å². The Bertz CT molecular complexity index is 1380. The van der Waals surface area contributed by atoms with Gasteiger partial charge in [-0.2, -0.15) is 0 Å². The van der Waals surface area contributed by atoms with Gasteiger partial charge in [-0.05, 0) is 39.9 Å². The number of nitrogens with one attached hydrogen (secondary N) is 1. The maximum Gasteiger partial charge on any atom is 0.195 e. The molecule has 0 saturated heterocycles. The summed E-state index contributed by atoms with van der Waals surface area (Å²) in [5.74, 6) is -0.110. The van der Waals surface area contributed by atoms with Gasteiger partial charge in [-0.3, -0.25) is 4.79 Å². The number of carbonyl (C=O) groups excluding carboxylic acids is 1. The summed E-state index contributed by atoms with van der Waals surface area (Å²) < 4.78 is 0. The lowest BCUT2D eigenvalue weighted by Gasteiger charge is -2.20. The first-order valence-corrected chi connectivity index (χ1v) is 12.5. The Labute approximate surface area is 218 Å². The normalized spacial score (nSPS) is 11.7. The number of carbonyl (C=O) groups is 1. The molecule has 0 saturated carbocycles. The number of rotatable bonds is 9. The van der Waals surface area contributed by atoms with Crippen molar-refractivity contribution in [3.63, 3.8) is 0 Å². The van der Waals surface area contributed by atoms with Gasteiger partial charge in [0, 0.05) is 23.7 Å². The lowest BCUT2D eigenvalue weighted by molar-refractivity contribution is 0.0747. The van der Waals surface area contributed by atoms with Crippen molar-refractivity contribution in [1.82, 2.24) is 0 Å². The lowest BCUT2D eigenvalue weighted by atomic mass is 9.91. The summed E-state index contributed by atoms with van der Waals surface area (Å²) in [5.41, 5.74) is 6.62. The molecule has 182 valence electrons. The summed E-state index contributed by atoms with van der Waals surface area (Å²) in [5, 5.41) is 14.3. The predicted octanol–water partition coefficient (Wildman–Crippen LogP) is 7.51. The van der Waals surface area contributed by atoms with E-state index in [2.05, 4.69) is 53.8 Å². The summed E-state index contributed by atoms with van der Waals surface area (Å²) in [6.07, 6.45) is -1.21. The van der Waals surface area contributed by atoms with Gasteiger partial charge in [0.05, 0.1) is 0 Å². The monoisotopic (exact) mass is 483 g/mol. The van der Waals surface area contributed by atoms with E-state index >= 15 is 0 Å². The maximum atomic E-state index is 12.9. The van der Waals surface area contributed by atoms with E-state index in [0.29, 0.717) is 11.1 Å². The summed E-state index contributed by atoms with van der Waals surface area (Å²) in [6.45, 7) is 0.725. The largest absolute Gasteiger partial charge is 0.384 e. The second kappa shape index (κ2) is 11.5. The smallest absolute Gasteiger partial charge is 0.195 e. The molecule has 0 aliphatic rings. The third-order valence-electron chi connectivity index (χ3n) is 6.67. The molecule has 0 radical (unpaired) electrons. The van der Waals surface area contributed by atoms with Gasteiger partial charge in [-0.15, -0.1) is 0 Å². The number of aliphatic hydroxyl groups excluding tert-OH is 1. The van der Waals surface area contributed by atoms with Crippen LogP contribution in [0.4, 0.5) is 5.69 Å². The molecule has 3 heteroatoms. The summed E-state index contributed by atoms with van der Waals surface area (Å²) in [6, 6.07) is 45.7. The highest BCUT2D eigenvalue weighted by molar-refractivity contribution is 6.00. The lowest BCUT2D eigenvalue weighted by Crippen LogP contribution is -2.15. The minimum absolute atomic E-state index is 0.202. The summed E-state index contributed by atoms with van der Waals surface area (Å²) in [7, 11) is 0. The second-order valence-corrected chi connectivity index (χ2v) is 9.09. The molecule has 2 N–H and O–H groups in total. The van der Waals surface area contributed by atoms with Crippen molar-refractivity contribution in [1.29, 1.82) is 0 Å². The molecule has 5 aromatic rings. The Morgan fingerprint density at radius 3 is 1.59 bits per heavy atom. The van der Waals surface area contributed by atoms with Gasteiger partial charge >= 0.3 is 0 Å². The van der Waals surface area contributed by atoms with Crippen LogP contribution in [0.1, 0.15) is 39.1 Å². The number of hydrogen-bond donors (Lipinski definition) is 2. The minimum atomic E-state index is -1.21. The zero-order valence-corrected chi connectivity index (χ0v) is 20.5. The van der Waals surface area contributed by atoms with Crippen molar-refractivity contribution in [3.05, 3.63) is 162 Å². The number of ketones is 1. The summed E-state index contributed by atoms with van der Waals surface area (Å²) >= 11 is 0. The highest BCUT2D eigenvalue weighted by Gasteiger charge is 2.19. The molecule has 0 bridgehead atoms. The Morgan fingerprint density at radius 2 is 1.05 bits per heavy atom. The average Bonchev–Trinajstić information content (AvgIpc) is 2.98. The molecule has 0 amide bonds. The highest BCUT2D eigenvalue weighted by atomic mass is 16.3. The van der Waals surface area contributed by atoms with E-state index in [1.165, 1.54) is 11.1 Å². The minimum Gasteiger partial charge on any atom is -0.384 e. The van der Waals surface area contributed by atoms with Gasteiger partial charge in [0.25, 0.3) is 0 Å². The SMILES string of the molecule is O=C(c1ccc(-c2ccccc2)cc1)C(O)c1ccc(NCC(c2ccccc2)c2ccccc2)cc1. The van der Waals surface area contributed by atoms with Crippen LogP contribution in [0.5, 0.6) is 0 Å². The van der Waals surface area contributed by atoms with Gasteiger partial charge in [0.2, 0.25) is 0 Å². The van der Waals surface area contributed by atoms with Crippen molar-refractivity contribution in [2.24, 2.45) is 0 Å². The average molecular weight is 484 g/mol. The van der Waals surface area contributed by atoms with E-state index in [9.17, 15) is 9.90 Å². The van der Waals surface area contributed by atoms with Crippen LogP contribution in [-0.2, 0) is 0 Å². The molecular weight excluding hydrogens is 454 g/mol. The molecular formula is C34H29NO2. The summed E-state index contributed by atoms with van der Waals surface area (Å²) in [4.78, 5) is 12.9. The van der Waals surface area contributed by atoms with Gasteiger partial charge in [-0.25, -0.2) is 0 Å². The number of hydrogen-bond acceptors (Lipinski definition) is 3. The third kappa shape index (κ3) is 5.85. The second-order valence-electron chi connectivity index (χ2n) is 9.09. The third-order valence-corrected chi connectivity index (χ3v) is 6.67. The van der Waals surface area contributed by atoms with Crippen molar-refractivity contribution < 1.29 is 9.90 Å². The zero-order valence-electron chi connectivity index (χ0n) is 20.5. The van der Waals surface area contributed by atoms with Gasteiger partial charge in [-0.1, -0.05) is 127 Å². The molecule has 0 aliphatic heterocycles. The molecule has 37 heavy (non-hydrogen) atoms. The molecule has 5 rings (SSSR count). The van der Waals surface area contributed by atoms with Crippen LogP contribution < -0.4 is 5.32 Å². The molecule has 0 heterocycles. The van der Waals surface area contributed by atoms with Crippen LogP contribution >= 0.6 is 0 Å². The van der Waals surface area contributed by atoms with Crippen molar-refractivity contribution in [2.75, 3.05) is 11.9 Å². The van der Waals surface area contributed by atoms with Crippen molar-refractivity contribution in [2.45, 2.75) is 12.0 Å². The highest BCUT2D eigenvalue weighted by Crippen LogP contribution is 2.27. The topological polar surface area (TPSA) is 49.3 Å². The van der Waals surface area contributed by atoms with Crippen molar-refractivity contribution >= 4 is 11.5 Å². The fraction of sp³-hybridized carbons (Fsp3) is 0.0882. The Hall–Kier alpha value is -4.47. The predicted molar refractivity (Wildman–Crippen MR) is 151 cm³/mol. The van der Waals surface area contributed by atoms with E-state index < -0.39 is 6.10 Å². The van der Waals surface area contributed by atoms with Crippen LogP contribution in [0.15, 0.2) is 140 Å². The first-order chi connectivity index (χ1) is 18.2. The van der Waals surface area contributed by atoms with Gasteiger partial charge in [0.15, 0.2) is 5.78 Å². The molecule has 0 aromatic heterocycles. The van der Waals surface area contributed by atoms with E-state index in [1.807, 2.05) is 78.9 Å². The number of benzene rings is 5. The first-order valence-electron chi connectivity index (χ1n) is 12.5. The van der Waals surface area contributed by atoms with Crippen LogP contribution in [0.2, 0.25) is 0 Å².